The summed E-state index contributed by atoms with van der Waals surface area (Å²) < 4.78 is 11.6. The maximum atomic E-state index is 14.0. The third kappa shape index (κ3) is 4.75. The van der Waals surface area contributed by atoms with Gasteiger partial charge in [0.1, 0.15) is 12.4 Å². The van der Waals surface area contributed by atoms with Crippen molar-refractivity contribution in [3.63, 3.8) is 0 Å². The first-order valence-electron chi connectivity index (χ1n) is 12.8. The predicted molar refractivity (Wildman–Crippen MR) is 135 cm³/mol. The van der Waals surface area contributed by atoms with E-state index in [-0.39, 0.29) is 24.0 Å². The fourth-order valence-electron chi connectivity index (χ4n) is 5.70. The molecular weight excluding hydrogens is 456 g/mol. The number of carbonyl (C=O) groups is 2. The van der Waals surface area contributed by atoms with Crippen LogP contribution in [0, 0.1) is 5.92 Å². The van der Waals surface area contributed by atoms with Gasteiger partial charge >= 0.3 is 6.03 Å². The van der Waals surface area contributed by atoms with Gasteiger partial charge in [-0.25, -0.2) is 4.79 Å². The zero-order chi connectivity index (χ0) is 25.0. The van der Waals surface area contributed by atoms with E-state index in [1.807, 2.05) is 36.4 Å². The molecule has 2 atom stereocenters. The monoisotopic (exact) mass is 490 g/mol. The molecule has 36 heavy (non-hydrogen) atoms. The minimum Gasteiger partial charge on any atom is -0.489 e. The van der Waals surface area contributed by atoms with E-state index in [4.69, 9.17) is 9.47 Å². The highest BCUT2D eigenvalue weighted by molar-refractivity contribution is 6.07. The largest absolute Gasteiger partial charge is 0.489 e. The lowest BCUT2D eigenvalue weighted by Gasteiger charge is -2.40. The smallest absolute Gasteiger partial charge is 0.325 e. The number of likely N-dealkylation sites (tertiary alicyclic amines) is 1. The molecular formula is C28H34N4O4. The average molecular weight is 491 g/mol. The summed E-state index contributed by atoms with van der Waals surface area (Å²) in [6, 6.07) is 13.3. The number of piperidine rings is 1. The molecule has 8 heteroatoms. The number of hydrogen-bond acceptors (Lipinski definition) is 6. The van der Waals surface area contributed by atoms with E-state index in [2.05, 4.69) is 27.8 Å². The third-order valence-corrected chi connectivity index (χ3v) is 7.53. The number of urea groups is 1. The Morgan fingerprint density at radius 3 is 2.67 bits per heavy atom. The molecule has 0 aliphatic carbocycles. The van der Waals surface area contributed by atoms with Crippen LogP contribution in [0.5, 0.6) is 5.75 Å². The normalized spacial score (nSPS) is 25.2. The molecule has 3 aliphatic rings. The standard InChI is InChI=1S/C28H34N4O4/c1-2-17-36-24-10-4-3-8-21(24)19-31-15-12-22(13-16-31)28(25-11-5-6-14-29-25)26(33)32(27(34)30-28)20-23-9-7-18-35-23/h2-6,8,10-11,14,22-23H,1,7,9,12-13,15-20H2,(H,30,34)/t23-,28-/m0/s1. The molecule has 0 radical (unpaired) electrons. The molecule has 190 valence electrons. The molecule has 3 saturated heterocycles. The third-order valence-electron chi connectivity index (χ3n) is 7.53. The average Bonchev–Trinajstić information content (AvgIpc) is 3.52. The number of nitrogens with zero attached hydrogens (tertiary/aromatic N) is 3. The van der Waals surface area contributed by atoms with Crippen LogP contribution in [0.15, 0.2) is 61.3 Å². The predicted octanol–water partition coefficient (Wildman–Crippen LogP) is 3.48. The summed E-state index contributed by atoms with van der Waals surface area (Å²) in [6.07, 6.45) is 6.70. The zero-order valence-corrected chi connectivity index (χ0v) is 20.6. The number of benzene rings is 1. The van der Waals surface area contributed by atoms with Crippen molar-refractivity contribution < 1.29 is 19.1 Å². The molecule has 8 nitrogen and oxygen atoms in total. The lowest BCUT2D eigenvalue weighted by molar-refractivity contribution is -0.135. The van der Waals surface area contributed by atoms with Gasteiger partial charge in [-0.15, -0.1) is 0 Å². The van der Waals surface area contributed by atoms with Gasteiger partial charge in [-0.05, 0) is 62.9 Å². The van der Waals surface area contributed by atoms with Gasteiger partial charge in [0.25, 0.3) is 5.91 Å². The van der Waals surface area contributed by atoms with E-state index in [0.717, 1.165) is 56.6 Å². The number of ether oxygens (including phenoxy) is 2. The van der Waals surface area contributed by atoms with E-state index in [1.54, 1.807) is 12.3 Å². The molecule has 0 saturated carbocycles. The van der Waals surface area contributed by atoms with Gasteiger partial charge < -0.3 is 14.8 Å². The van der Waals surface area contributed by atoms with Crippen LogP contribution in [0.25, 0.3) is 0 Å². The Kier molecular flexibility index (Phi) is 7.34. The van der Waals surface area contributed by atoms with Crippen LogP contribution in [-0.2, 0) is 21.6 Å². The molecule has 3 aliphatic heterocycles. The van der Waals surface area contributed by atoms with Crippen LogP contribution in [0.1, 0.15) is 36.9 Å². The maximum absolute atomic E-state index is 14.0. The molecule has 1 aromatic carbocycles. The van der Waals surface area contributed by atoms with Crippen molar-refractivity contribution in [2.75, 3.05) is 32.8 Å². The number of hydrogen-bond donors (Lipinski definition) is 1. The summed E-state index contributed by atoms with van der Waals surface area (Å²) >= 11 is 0. The van der Waals surface area contributed by atoms with Crippen molar-refractivity contribution in [3.05, 3.63) is 72.6 Å². The summed E-state index contributed by atoms with van der Waals surface area (Å²) in [5, 5.41) is 3.10. The molecule has 4 heterocycles. The molecule has 1 N–H and O–H groups in total. The Morgan fingerprint density at radius 2 is 1.94 bits per heavy atom. The number of carbonyl (C=O) groups excluding carboxylic acids is 2. The van der Waals surface area contributed by atoms with Gasteiger partial charge in [-0.2, -0.15) is 0 Å². The van der Waals surface area contributed by atoms with Crippen LogP contribution < -0.4 is 10.1 Å². The Morgan fingerprint density at radius 1 is 1.14 bits per heavy atom. The first kappa shape index (κ1) is 24.5. The second-order valence-corrected chi connectivity index (χ2v) is 9.76. The van der Waals surface area contributed by atoms with Crippen LogP contribution in [-0.4, -0.2) is 65.7 Å². The second-order valence-electron chi connectivity index (χ2n) is 9.76. The summed E-state index contributed by atoms with van der Waals surface area (Å²) in [5.41, 5.74) is 0.596. The molecule has 1 aromatic heterocycles. The lowest BCUT2D eigenvalue weighted by Crippen LogP contribution is -2.54. The number of imide groups is 1. The number of rotatable bonds is 9. The van der Waals surface area contributed by atoms with Gasteiger partial charge in [0.15, 0.2) is 5.54 Å². The Bertz CT molecular complexity index is 1080. The molecule has 0 bridgehead atoms. The Hall–Kier alpha value is -3.23. The lowest BCUT2D eigenvalue weighted by atomic mass is 9.75. The van der Waals surface area contributed by atoms with Crippen molar-refractivity contribution in [1.82, 2.24) is 20.1 Å². The fourth-order valence-corrected chi connectivity index (χ4v) is 5.70. The highest BCUT2D eigenvalue weighted by Gasteiger charge is 2.58. The second kappa shape index (κ2) is 10.8. The van der Waals surface area contributed by atoms with Gasteiger partial charge in [0.2, 0.25) is 0 Å². The highest BCUT2D eigenvalue weighted by Crippen LogP contribution is 2.41. The maximum Gasteiger partial charge on any atom is 0.325 e. The van der Waals surface area contributed by atoms with Crippen molar-refractivity contribution in [1.29, 1.82) is 0 Å². The molecule has 3 amide bonds. The van der Waals surface area contributed by atoms with E-state index < -0.39 is 5.54 Å². The highest BCUT2D eigenvalue weighted by atomic mass is 16.5. The number of nitrogens with one attached hydrogen (secondary N) is 1. The summed E-state index contributed by atoms with van der Waals surface area (Å²) in [5.74, 6) is 0.609. The van der Waals surface area contributed by atoms with Gasteiger partial charge in [-0.1, -0.05) is 36.9 Å². The number of para-hydroxylation sites is 1. The van der Waals surface area contributed by atoms with Crippen LogP contribution in [0.2, 0.25) is 0 Å². The molecule has 0 spiro atoms. The van der Waals surface area contributed by atoms with E-state index >= 15 is 0 Å². The van der Waals surface area contributed by atoms with E-state index in [9.17, 15) is 9.59 Å². The van der Waals surface area contributed by atoms with E-state index in [0.29, 0.717) is 25.5 Å². The Labute approximate surface area is 212 Å². The van der Waals surface area contributed by atoms with Crippen molar-refractivity contribution in [2.45, 2.75) is 43.9 Å². The summed E-state index contributed by atoms with van der Waals surface area (Å²) in [6.45, 7) is 7.56. The zero-order valence-electron chi connectivity index (χ0n) is 20.6. The number of pyridine rings is 1. The Balaban J connectivity index is 1.33. The number of aromatic nitrogens is 1. The summed E-state index contributed by atoms with van der Waals surface area (Å²) in [7, 11) is 0. The van der Waals surface area contributed by atoms with Gasteiger partial charge in [0.05, 0.1) is 18.3 Å². The molecule has 5 rings (SSSR count). The molecule has 3 fully saturated rings. The van der Waals surface area contributed by atoms with Crippen LogP contribution in [0.3, 0.4) is 0 Å². The first-order chi connectivity index (χ1) is 17.6. The SMILES string of the molecule is C=CCOc1ccccc1CN1CCC([C@@]2(c3ccccn3)NC(=O)N(C[C@@H]3CCCO3)C2=O)CC1. The van der Waals surface area contributed by atoms with Crippen molar-refractivity contribution >= 4 is 11.9 Å². The van der Waals surface area contributed by atoms with Crippen LogP contribution in [0.4, 0.5) is 4.79 Å². The van der Waals surface area contributed by atoms with Gasteiger partial charge in [0, 0.05) is 24.9 Å². The summed E-state index contributed by atoms with van der Waals surface area (Å²) in [4.78, 5) is 35.3. The molecule has 0 unspecified atom stereocenters. The fraction of sp³-hybridized carbons (Fsp3) is 0.464. The quantitative estimate of drug-likeness (QED) is 0.428. The first-order valence-corrected chi connectivity index (χ1v) is 12.8. The van der Waals surface area contributed by atoms with Crippen molar-refractivity contribution in [2.24, 2.45) is 5.92 Å². The topological polar surface area (TPSA) is 84.0 Å². The molecule has 2 aromatic rings. The van der Waals surface area contributed by atoms with Crippen molar-refractivity contribution in [3.8, 4) is 5.75 Å². The van der Waals surface area contributed by atoms with Crippen LogP contribution >= 0.6 is 0 Å². The minimum atomic E-state index is -1.14. The number of amides is 3. The van der Waals surface area contributed by atoms with E-state index in [1.165, 1.54) is 4.90 Å². The minimum absolute atomic E-state index is 0.0538. The van der Waals surface area contributed by atoms with Gasteiger partial charge in [-0.3, -0.25) is 19.6 Å².